The van der Waals surface area contributed by atoms with Crippen LogP contribution in [-0.2, 0) is 4.79 Å². The molecule has 1 unspecified atom stereocenters. The SMILES string of the molecule is COc1ccc(OC)c(C(C)NC(=O)C2CCCCC2)c1. The molecule has 1 fully saturated rings. The van der Waals surface area contributed by atoms with Gasteiger partial charge in [0.25, 0.3) is 0 Å². The van der Waals surface area contributed by atoms with Crippen molar-refractivity contribution in [2.24, 2.45) is 5.92 Å². The number of hydrogen-bond acceptors (Lipinski definition) is 3. The molecule has 116 valence electrons. The maximum atomic E-state index is 12.4. The lowest BCUT2D eigenvalue weighted by atomic mass is 9.88. The summed E-state index contributed by atoms with van der Waals surface area (Å²) in [6, 6.07) is 5.56. The average Bonchev–Trinajstić information content (AvgIpc) is 2.54. The fourth-order valence-corrected chi connectivity index (χ4v) is 2.95. The number of carbonyl (C=O) groups excluding carboxylic acids is 1. The minimum Gasteiger partial charge on any atom is -0.497 e. The average molecular weight is 291 g/mol. The van der Waals surface area contributed by atoms with Gasteiger partial charge < -0.3 is 14.8 Å². The number of ether oxygens (including phenoxy) is 2. The Morgan fingerprint density at radius 3 is 2.52 bits per heavy atom. The number of benzene rings is 1. The first-order chi connectivity index (χ1) is 10.2. The molecule has 0 bridgehead atoms. The quantitative estimate of drug-likeness (QED) is 0.903. The molecule has 1 amide bonds. The van der Waals surface area contributed by atoms with E-state index in [9.17, 15) is 4.79 Å². The Labute approximate surface area is 126 Å². The van der Waals surface area contributed by atoms with E-state index in [1.54, 1.807) is 14.2 Å². The third kappa shape index (κ3) is 3.90. The molecule has 1 saturated carbocycles. The topological polar surface area (TPSA) is 47.6 Å². The summed E-state index contributed by atoms with van der Waals surface area (Å²) in [6.07, 6.45) is 5.59. The van der Waals surface area contributed by atoms with Gasteiger partial charge in [-0.25, -0.2) is 0 Å². The maximum Gasteiger partial charge on any atom is 0.223 e. The zero-order valence-electron chi connectivity index (χ0n) is 13.1. The largest absolute Gasteiger partial charge is 0.497 e. The Morgan fingerprint density at radius 1 is 1.19 bits per heavy atom. The summed E-state index contributed by atoms with van der Waals surface area (Å²) < 4.78 is 10.6. The molecule has 1 aromatic carbocycles. The molecule has 1 aliphatic rings. The van der Waals surface area contributed by atoms with Gasteiger partial charge in [-0.05, 0) is 38.0 Å². The second kappa shape index (κ2) is 7.34. The fourth-order valence-electron chi connectivity index (χ4n) is 2.95. The van der Waals surface area contributed by atoms with Gasteiger partial charge in [0.1, 0.15) is 11.5 Å². The smallest absolute Gasteiger partial charge is 0.223 e. The zero-order chi connectivity index (χ0) is 15.2. The number of carbonyl (C=O) groups is 1. The highest BCUT2D eigenvalue weighted by molar-refractivity contribution is 5.79. The van der Waals surface area contributed by atoms with Crippen LogP contribution >= 0.6 is 0 Å². The number of rotatable bonds is 5. The van der Waals surface area contributed by atoms with Crippen molar-refractivity contribution in [3.63, 3.8) is 0 Å². The number of hydrogen-bond donors (Lipinski definition) is 1. The molecule has 2 rings (SSSR count). The summed E-state index contributed by atoms with van der Waals surface area (Å²) in [4.78, 5) is 12.4. The maximum absolute atomic E-state index is 12.4. The lowest BCUT2D eigenvalue weighted by Gasteiger charge is -2.24. The number of nitrogens with one attached hydrogen (secondary N) is 1. The molecular weight excluding hydrogens is 266 g/mol. The molecule has 0 saturated heterocycles. The lowest BCUT2D eigenvalue weighted by Crippen LogP contribution is -2.34. The summed E-state index contributed by atoms with van der Waals surface area (Å²) in [7, 11) is 3.28. The van der Waals surface area contributed by atoms with E-state index >= 15 is 0 Å². The standard InChI is InChI=1S/C17H25NO3/c1-12(18-17(19)13-7-5-4-6-8-13)15-11-14(20-2)9-10-16(15)21-3/h9-13H,4-8H2,1-3H3,(H,18,19). The summed E-state index contributed by atoms with van der Waals surface area (Å²) in [6.45, 7) is 1.98. The van der Waals surface area contributed by atoms with Crippen LogP contribution in [-0.4, -0.2) is 20.1 Å². The van der Waals surface area contributed by atoms with Crippen LogP contribution < -0.4 is 14.8 Å². The highest BCUT2D eigenvalue weighted by Gasteiger charge is 2.23. The van der Waals surface area contributed by atoms with E-state index in [4.69, 9.17) is 9.47 Å². The Kier molecular flexibility index (Phi) is 5.48. The van der Waals surface area contributed by atoms with Crippen molar-refractivity contribution in [2.75, 3.05) is 14.2 Å². The van der Waals surface area contributed by atoms with Crippen LogP contribution in [0.3, 0.4) is 0 Å². The van der Waals surface area contributed by atoms with Gasteiger partial charge >= 0.3 is 0 Å². The molecule has 4 heteroatoms. The first-order valence-corrected chi connectivity index (χ1v) is 7.68. The molecular formula is C17H25NO3. The minimum absolute atomic E-state index is 0.0931. The van der Waals surface area contributed by atoms with Crippen molar-refractivity contribution in [1.29, 1.82) is 0 Å². The summed E-state index contributed by atoms with van der Waals surface area (Å²) >= 11 is 0. The van der Waals surface area contributed by atoms with Gasteiger partial charge in [-0.3, -0.25) is 4.79 Å². The summed E-state index contributed by atoms with van der Waals surface area (Å²) in [5.41, 5.74) is 0.945. The molecule has 1 atom stereocenters. The van der Waals surface area contributed by atoms with Crippen molar-refractivity contribution in [3.8, 4) is 11.5 Å². The van der Waals surface area contributed by atoms with Crippen LogP contribution in [0.15, 0.2) is 18.2 Å². The minimum atomic E-state index is -0.0931. The molecule has 1 aromatic rings. The molecule has 0 aromatic heterocycles. The van der Waals surface area contributed by atoms with Gasteiger partial charge in [-0.2, -0.15) is 0 Å². The predicted molar refractivity (Wildman–Crippen MR) is 82.7 cm³/mol. The van der Waals surface area contributed by atoms with Crippen LogP contribution in [0, 0.1) is 5.92 Å². The summed E-state index contributed by atoms with van der Waals surface area (Å²) in [5, 5.41) is 3.12. The number of amides is 1. The molecule has 1 aliphatic carbocycles. The van der Waals surface area contributed by atoms with Crippen molar-refractivity contribution >= 4 is 5.91 Å². The fraction of sp³-hybridized carbons (Fsp3) is 0.588. The molecule has 0 spiro atoms. The predicted octanol–water partition coefficient (Wildman–Crippen LogP) is 3.46. The molecule has 21 heavy (non-hydrogen) atoms. The highest BCUT2D eigenvalue weighted by Crippen LogP contribution is 2.30. The van der Waals surface area contributed by atoms with E-state index < -0.39 is 0 Å². The van der Waals surface area contributed by atoms with E-state index in [1.807, 2.05) is 25.1 Å². The van der Waals surface area contributed by atoms with Crippen LogP contribution in [0.5, 0.6) is 11.5 Å². The third-order valence-corrected chi connectivity index (χ3v) is 4.24. The Hall–Kier alpha value is -1.71. The van der Waals surface area contributed by atoms with E-state index in [-0.39, 0.29) is 17.9 Å². The van der Waals surface area contributed by atoms with Crippen LogP contribution in [0.25, 0.3) is 0 Å². The highest BCUT2D eigenvalue weighted by atomic mass is 16.5. The van der Waals surface area contributed by atoms with Gasteiger partial charge in [0.2, 0.25) is 5.91 Å². The van der Waals surface area contributed by atoms with Crippen LogP contribution in [0.4, 0.5) is 0 Å². The lowest BCUT2D eigenvalue weighted by molar-refractivity contribution is -0.126. The Balaban J connectivity index is 2.08. The number of methoxy groups -OCH3 is 2. The van der Waals surface area contributed by atoms with Crippen molar-refractivity contribution in [1.82, 2.24) is 5.32 Å². The van der Waals surface area contributed by atoms with Crippen molar-refractivity contribution < 1.29 is 14.3 Å². The molecule has 0 radical (unpaired) electrons. The molecule has 4 nitrogen and oxygen atoms in total. The van der Waals surface area contributed by atoms with Crippen molar-refractivity contribution in [2.45, 2.75) is 45.1 Å². The van der Waals surface area contributed by atoms with Gasteiger partial charge in [0.05, 0.1) is 20.3 Å². The second-order valence-corrected chi connectivity index (χ2v) is 5.67. The van der Waals surface area contributed by atoms with Gasteiger partial charge in [-0.15, -0.1) is 0 Å². The van der Waals surface area contributed by atoms with E-state index in [2.05, 4.69) is 5.32 Å². The third-order valence-electron chi connectivity index (χ3n) is 4.24. The monoisotopic (exact) mass is 291 g/mol. The van der Waals surface area contributed by atoms with Crippen LogP contribution in [0.1, 0.15) is 50.6 Å². The van der Waals surface area contributed by atoms with Gasteiger partial charge in [-0.1, -0.05) is 19.3 Å². The first kappa shape index (κ1) is 15.7. The summed E-state index contributed by atoms with van der Waals surface area (Å²) in [5.74, 6) is 1.86. The molecule has 1 N–H and O–H groups in total. The molecule has 0 heterocycles. The van der Waals surface area contributed by atoms with E-state index in [0.29, 0.717) is 0 Å². The second-order valence-electron chi connectivity index (χ2n) is 5.67. The van der Waals surface area contributed by atoms with E-state index in [1.165, 1.54) is 6.42 Å². The Morgan fingerprint density at radius 2 is 1.90 bits per heavy atom. The van der Waals surface area contributed by atoms with Gasteiger partial charge in [0.15, 0.2) is 0 Å². The first-order valence-electron chi connectivity index (χ1n) is 7.68. The van der Waals surface area contributed by atoms with Crippen molar-refractivity contribution in [3.05, 3.63) is 23.8 Å². The van der Waals surface area contributed by atoms with E-state index in [0.717, 1.165) is 42.7 Å². The van der Waals surface area contributed by atoms with Crippen LogP contribution in [0.2, 0.25) is 0 Å². The Bertz CT molecular complexity index is 481. The zero-order valence-corrected chi connectivity index (χ0v) is 13.1. The normalized spacial score (nSPS) is 17.1. The molecule has 0 aliphatic heterocycles. The van der Waals surface area contributed by atoms with Gasteiger partial charge in [0, 0.05) is 11.5 Å².